The van der Waals surface area contributed by atoms with E-state index in [-0.39, 0.29) is 5.91 Å². The molecule has 140 valence electrons. The number of nitrogens with zero attached hydrogens (tertiary/aromatic N) is 8. The van der Waals surface area contributed by atoms with Gasteiger partial charge in [0.2, 0.25) is 0 Å². The predicted octanol–water partition coefficient (Wildman–Crippen LogP) is 1.35. The fourth-order valence-corrected chi connectivity index (χ4v) is 3.59. The van der Waals surface area contributed by atoms with Crippen LogP contribution in [0.15, 0.2) is 37.2 Å². The van der Waals surface area contributed by atoms with Crippen LogP contribution in [0.2, 0.25) is 0 Å². The summed E-state index contributed by atoms with van der Waals surface area (Å²) in [5, 5.41) is 13.0. The van der Waals surface area contributed by atoms with Crippen molar-refractivity contribution in [3.05, 3.63) is 54.4 Å². The van der Waals surface area contributed by atoms with Gasteiger partial charge in [0.1, 0.15) is 25.0 Å². The molecular weight excluding hydrogens is 344 g/mol. The Labute approximate surface area is 157 Å². The summed E-state index contributed by atoms with van der Waals surface area (Å²) in [6.07, 6.45) is 8.28. The van der Waals surface area contributed by atoms with Gasteiger partial charge in [0.05, 0.1) is 0 Å². The molecule has 1 saturated heterocycles. The number of pyridine rings is 1. The number of amides is 1. The van der Waals surface area contributed by atoms with Crippen molar-refractivity contribution < 1.29 is 4.79 Å². The van der Waals surface area contributed by atoms with Crippen molar-refractivity contribution in [1.82, 2.24) is 39.4 Å². The Morgan fingerprint density at radius 1 is 1.15 bits per heavy atom. The summed E-state index contributed by atoms with van der Waals surface area (Å²) in [4.78, 5) is 22.5. The van der Waals surface area contributed by atoms with Gasteiger partial charge in [-0.3, -0.25) is 9.78 Å². The summed E-state index contributed by atoms with van der Waals surface area (Å²) in [5.74, 6) is 2.26. The second-order valence-corrected chi connectivity index (χ2v) is 6.61. The zero-order valence-corrected chi connectivity index (χ0v) is 15.3. The molecule has 9 nitrogen and oxygen atoms in total. The summed E-state index contributed by atoms with van der Waals surface area (Å²) in [7, 11) is 0. The van der Waals surface area contributed by atoms with Crippen LogP contribution in [0.4, 0.5) is 0 Å². The van der Waals surface area contributed by atoms with Gasteiger partial charge in [0.15, 0.2) is 5.82 Å². The van der Waals surface area contributed by atoms with Crippen molar-refractivity contribution in [2.45, 2.75) is 38.8 Å². The van der Waals surface area contributed by atoms with E-state index in [0.29, 0.717) is 18.0 Å². The lowest BCUT2D eigenvalue weighted by Gasteiger charge is -2.31. The van der Waals surface area contributed by atoms with Gasteiger partial charge in [0.25, 0.3) is 5.91 Å². The Balaban J connectivity index is 1.44. The minimum atomic E-state index is 0.0691. The molecule has 3 aromatic heterocycles. The van der Waals surface area contributed by atoms with E-state index in [1.165, 1.54) is 6.33 Å². The number of hydrogen-bond donors (Lipinski definition) is 0. The maximum absolute atomic E-state index is 12.6. The van der Waals surface area contributed by atoms with Gasteiger partial charge in [0, 0.05) is 43.5 Å². The Morgan fingerprint density at radius 2 is 1.93 bits per heavy atom. The molecule has 1 aliphatic heterocycles. The summed E-state index contributed by atoms with van der Waals surface area (Å²) in [6, 6.07) is 3.52. The predicted molar refractivity (Wildman–Crippen MR) is 96.9 cm³/mol. The van der Waals surface area contributed by atoms with Gasteiger partial charge in [-0.05, 0) is 31.9 Å². The molecule has 0 aromatic carbocycles. The standard InChI is InChI=1S/C18H22N8O/c1-2-26-16(11-25-13-20-12-21-25)22-23-17(26)14-5-9-24(10-6-14)18(27)15-3-7-19-8-4-15/h3-4,7-8,12-14H,2,5-6,9-11H2,1H3. The van der Waals surface area contributed by atoms with Crippen LogP contribution in [0, 0.1) is 0 Å². The third kappa shape index (κ3) is 3.57. The smallest absolute Gasteiger partial charge is 0.253 e. The zero-order valence-electron chi connectivity index (χ0n) is 15.3. The van der Waals surface area contributed by atoms with Crippen LogP contribution in [0.25, 0.3) is 0 Å². The molecule has 0 aliphatic carbocycles. The normalized spacial score (nSPS) is 15.2. The molecule has 1 fully saturated rings. The van der Waals surface area contributed by atoms with Crippen LogP contribution in [0.5, 0.6) is 0 Å². The third-order valence-corrected chi connectivity index (χ3v) is 5.02. The molecular formula is C18H22N8O. The Bertz CT molecular complexity index is 881. The van der Waals surface area contributed by atoms with Crippen molar-refractivity contribution in [3.63, 3.8) is 0 Å². The first kappa shape index (κ1) is 17.3. The van der Waals surface area contributed by atoms with E-state index >= 15 is 0 Å². The van der Waals surface area contributed by atoms with Crippen LogP contribution in [0.1, 0.15) is 47.7 Å². The summed E-state index contributed by atoms with van der Waals surface area (Å²) >= 11 is 0. The Morgan fingerprint density at radius 3 is 2.59 bits per heavy atom. The summed E-state index contributed by atoms with van der Waals surface area (Å²) in [5.41, 5.74) is 0.690. The molecule has 4 rings (SSSR count). The minimum absolute atomic E-state index is 0.0691. The van der Waals surface area contributed by atoms with Crippen molar-refractivity contribution in [3.8, 4) is 0 Å². The van der Waals surface area contributed by atoms with E-state index in [0.717, 1.165) is 44.1 Å². The lowest BCUT2D eigenvalue weighted by Crippen LogP contribution is -2.38. The van der Waals surface area contributed by atoms with Gasteiger partial charge in [-0.1, -0.05) is 0 Å². The van der Waals surface area contributed by atoms with Crippen LogP contribution in [-0.4, -0.2) is 58.4 Å². The molecule has 0 spiro atoms. The van der Waals surface area contributed by atoms with Crippen LogP contribution in [0.3, 0.4) is 0 Å². The molecule has 0 bridgehead atoms. The molecule has 9 heteroatoms. The number of rotatable bonds is 5. The van der Waals surface area contributed by atoms with Gasteiger partial charge in [-0.25, -0.2) is 9.67 Å². The van der Waals surface area contributed by atoms with Crippen LogP contribution in [-0.2, 0) is 13.1 Å². The highest BCUT2D eigenvalue weighted by Crippen LogP contribution is 2.28. The third-order valence-electron chi connectivity index (χ3n) is 5.02. The highest BCUT2D eigenvalue weighted by molar-refractivity contribution is 5.94. The Kier molecular flexibility index (Phi) is 4.91. The molecule has 4 heterocycles. The number of aromatic nitrogens is 7. The lowest BCUT2D eigenvalue weighted by atomic mass is 9.95. The van der Waals surface area contributed by atoms with Crippen LogP contribution >= 0.6 is 0 Å². The van der Waals surface area contributed by atoms with E-state index in [9.17, 15) is 4.79 Å². The second-order valence-electron chi connectivity index (χ2n) is 6.61. The molecule has 0 saturated carbocycles. The fourth-order valence-electron chi connectivity index (χ4n) is 3.59. The number of hydrogen-bond acceptors (Lipinski definition) is 6. The summed E-state index contributed by atoms with van der Waals surface area (Å²) in [6.45, 7) is 4.91. The molecule has 0 atom stereocenters. The highest BCUT2D eigenvalue weighted by atomic mass is 16.2. The van der Waals surface area contributed by atoms with Crippen molar-refractivity contribution in [2.24, 2.45) is 0 Å². The first-order valence-corrected chi connectivity index (χ1v) is 9.20. The number of carbonyl (C=O) groups excluding carboxylic acids is 1. The monoisotopic (exact) mass is 366 g/mol. The lowest BCUT2D eigenvalue weighted by molar-refractivity contribution is 0.0710. The van der Waals surface area contributed by atoms with E-state index < -0.39 is 0 Å². The second kappa shape index (κ2) is 7.65. The van der Waals surface area contributed by atoms with Crippen molar-refractivity contribution in [2.75, 3.05) is 13.1 Å². The molecule has 0 N–H and O–H groups in total. The quantitative estimate of drug-likeness (QED) is 0.676. The fraction of sp³-hybridized carbons (Fsp3) is 0.444. The number of likely N-dealkylation sites (tertiary alicyclic amines) is 1. The van der Waals surface area contributed by atoms with Gasteiger partial charge >= 0.3 is 0 Å². The van der Waals surface area contributed by atoms with Gasteiger partial charge < -0.3 is 9.47 Å². The number of piperidine rings is 1. The highest BCUT2D eigenvalue weighted by Gasteiger charge is 2.28. The first-order chi connectivity index (χ1) is 13.3. The summed E-state index contributed by atoms with van der Waals surface area (Å²) < 4.78 is 3.91. The zero-order chi connectivity index (χ0) is 18.6. The average Bonchev–Trinajstić information content (AvgIpc) is 3.38. The minimum Gasteiger partial charge on any atom is -0.339 e. The molecule has 0 radical (unpaired) electrons. The number of carbonyl (C=O) groups is 1. The first-order valence-electron chi connectivity index (χ1n) is 9.20. The SMILES string of the molecule is CCn1c(Cn2cncn2)nnc1C1CCN(C(=O)c2ccncc2)CC1. The van der Waals surface area contributed by atoms with E-state index in [1.54, 1.807) is 35.5 Å². The van der Waals surface area contributed by atoms with E-state index in [4.69, 9.17) is 0 Å². The average molecular weight is 366 g/mol. The maximum Gasteiger partial charge on any atom is 0.253 e. The topological polar surface area (TPSA) is 94.6 Å². The Hall–Kier alpha value is -3.10. The maximum atomic E-state index is 12.6. The van der Waals surface area contributed by atoms with E-state index in [2.05, 4.69) is 36.8 Å². The molecule has 1 amide bonds. The van der Waals surface area contributed by atoms with Crippen molar-refractivity contribution in [1.29, 1.82) is 0 Å². The molecule has 27 heavy (non-hydrogen) atoms. The molecule has 0 unspecified atom stereocenters. The molecule has 3 aromatic rings. The van der Waals surface area contributed by atoms with E-state index in [1.807, 2.05) is 4.90 Å². The van der Waals surface area contributed by atoms with Gasteiger partial charge in [-0.15, -0.1) is 10.2 Å². The largest absolute Gasteiger partial charge is 0.339 e. The molecule has 1 aliphatic rings. The van der Waals surface area contributed by atoms with Crippen LogP contribution < -0.4 is 0 Å². The van der Waals surface area contributed by atoms with Crippen molar-refractivity contribution >= 4 is 5.91 Å². The van der Waals surface area contributed by atoms with Gasteiger partial charge in [-0.2, -0.15) is 5.10 Å².